The topological polar surface area (TPSA) is 55.2 Å². The number of aryl methyl sites for hydroxylation is 1. The molecule has 0 saturated heterocycles. The zero-order valence-corrected chi connectivity index (χ0v) is 11.9. The number of halogens is 1. The first-order valence-corrected chi connectivity index (χ1v) is 7.05. The van der Waals surface area contributed by atoms with Gasteiger partial charge in [-0.2, -0.15) is 0 Å². The Morgan fingerprint density at radius 3 is 2.68 bits per heavy atom. The Bertz CT molecular complexity index is 598. The van der Waals surface area contributed by atoms with Crippen molar-refractivity contribution in [3.8, 4) is 0 Å². The minimum Gasteiger partial charge on any atom is -0.375 e. The fraction of sp³-hybridized carbons (Fsp3) is 0.231. The summed E-state index contributed by atoms with van der Waals surface area (Å²) in [5.74, 6) is 0. The molecule has 0 saturated carbocycles. The van der Waals surface area contributed by atoms with Crippen LogP contribution in [-0.2, 0) is 13.0 Å². The van der Waals surface area contributed by atoms with Gasteiger partial charge in [0.25, 0.3) is 5.69 Å². The number of benzene rings is 1. The van der Waals surface area contributed by atoms with E-state index < -0.39 is 4.92 Å². The van der Waals surface area contributed by atoms with Crippen LogP contribution in [0, 0.1) is 10.1 Å². The molecule has 0 amide bonds. The molecule has 0 spiro atoms. The molecule has 100 valence electrons. The minimum absolute atomic E-state index is 0.0386. The summed E-state index contributed by atoms with van der Waals surface area (Å²) < 4.78 is 0. The van der Waals surface area contributed by atoms with Gasteiger partial charge in [0.1, 0.15) is 5.69 Å². The number of nitrogens with zero attached hydrogens (tertiary/aromatic N) is 1. The normalized spacial score (nSPS) is 10.4. The van der Waals surface area contributed by atoms with Crippen LogP contribution in [-0.4, -0.2) is 4.92 Å². The Labute approximate surface area is 120 Å². The Morgan fingerprint density at radius 1 is 1.32 bits per heavy atom. The summed E-state index contributed by atoms with van der Waals surface area (Å²) in [6.45, 7) is 2.66. The van der Waals surface area contributed by atoms with E-state index in [9.17, 15) is 10.1 Å². The first kappa shape index (κ1) is 13.8. The zero-order chi connectivity index (χ0) is 13.8. The van der Waals surface area contributed by atoms with Gasteiger partial charge >= 0.3 is 0 Å². The second-order valence-electron chi connectivity index (χ2n) is 3.99. The molecule has 1 aromatic carbocycles. The lowest BCUT2D eigenvalue weighted by Gasteiger charge is -2.06. The second-order valence-corrected chi connectivity index (χ2v) is 5.68. The third-order valence-corrected chi connectivity index (χ3v) is 4.14. The molecule has 2 aromatic rings. The molecule has 1 aromatic heterocycles. The number of hydrogen-bond acceptors (Lipinski definition) is 4. The molecule has 0 atom stereocenters. The van der Waals surface area contributed by atoms with Crippen LogP contribution in [0.1, 0.15) is 16.7 Å². The summed E-state index contributed by atoms with van der Waals surface area (Å²) in [7, 11) is 0. The maximum atomic E-state index is 10.9. The van der Waals surface area contributed by atoms with Crippen molar-refractivity contribution in [2.45, 2.75) is 19.9 Å². The van der Waals surface area contributed by atoms with Gasteiger partial charge in [-0.05, 0) is 30.7 Å². The molecule has 6 heteroatoms. The van der Waals surface area contributed by atoms with Gasteiger partial charge in [0.05, 0.1) is 4.92 Å². The molecule has 1 N–H and O–H groups in total. The van der Waals surface area contributed by atoms with Gasteiger partial charge in [0.15, 0.2) is 0 Å². The first-order valence-electron chi connectivity index (χ1n) is 5.85. The van der Waals surface area contributed by atoms with Gasteiger partial charge in [0, 0.05) is 27.4 Å². The van der Waals surface area contributed by atoms with Crippen LogP contribution in [0.2, 0.25) is 5.02 Å². The Hall–Kier alpha value is -1.59. The number of rotatable bonds is 5. The Balaban J connectivity index is 2.14. The number of nitro benzene ring substituents is 1. The van der Waals surface area contributed by atoms with E-state index in [-0.39, 0.29) is 5.69 Å². The van der Waals surface area contributed by atoms with E-state index in [4.69, 9.17) is 11.6 Å². The van der Waals surface area contributed by atoms with E-state index in [2.05, 4.69) is 18.3 Å². The van der Waals surface area contributed by atoms with Crippen molar-refractivity contribution in [1.82, 2.24) is 0 Å². The molecule has 0 aliphatic heterocycles. The number of nitrogens with one attached hydrogen (secondary N) is 1. The molecule has 0 bridgehead atoms. The van der Waals surface area contributed by atoms with Crippen molar-refractivity contribution < 1.29 is 4.92 Å². The van der Waals surface area contributed by atoms with Crippen LogP contribution in [0.4, 0.5) is 11.4 Å². The molecule has 19 heavy (non-hydrogen) atoms. The monoisotopic (exact) mass is 296 g/mol. The van der Waals surface area contributed by atoms with Crippen molar-refractivity contribution in [2.24, 2.45) is 0 Å². The maximum Gasteiger partial charge on any atom is 0.292 e. The molecule has 1 heterocycles. The summed E-state index contributed by atoms with van der Waals surface area (Å²) in [5, 5.41) is 14.5. The lowest BCUT2D eigenvalue weighted by molar-refractivity contribution is -0.384. The predicted molar refractivity (Wildman–Crippen MR) is 79.1 cm³/mol. The molecule has 0 fully saturated rings. The molecular weight excluding hydrogens is 284 g/mol. The van der Waals surface area contributed by atoms with Crippen LogP contribution in [0.25, 0.3) is 0 Å². The average Bonchev–Trinajstić information content (AvgIpc) is 2.84. The molecule has 0 radical (unpaired) electrons. The highest BCUT2D eigenvalue weighted by Gasteiger charge is 2.13. The molecule has 0 unspecified atom stereocenters. The number of thiophene rings is 1. The number of hydrogen-bond donors (Lipinski definition) is 1. The quantitative estimate of drug-likeness (QED) is 0.653. The van der Waals surface area contributed by atoms with E-state index in [1.165, 1.54) is 17.0 Å². The van der Waals surface area contributed by atoms with E-state index in [0.717, 1.165) is 11.3 Å². The lowest BCUT2D eigenvalue weighted by Crippen LogP contribution is -2.01. The van der Waals surface area contributed by atoms with Crippen LogP contribution < -0.4 is 5.32 Å². The van der Waals surface area contributed by atoms with E-state index in [1.54, 1.807) is 17.4 Å². The van der Waals surface area contributed by atoms with Gasteiger partial charge in [-0.1, -0.05) is 18.5 Å². The fourth-order valence-corrected chi connectivity index (χ4v) is 2.77. The lowest BCUT2D eigenvalue weighted by atomic mass is 10.2. The fourth-order valence-electron chi connectivity index (χ4n) is 1.70. The molecule has 0 aliphatic rings. The Morgan fingerprint density at radius 2 is 2.05 bits per heavy atom. The van der Waals surface area contributed by atoms with Gasteiger partial charge in [-0.3, -0.25) is 10.1 Å². The minimum atomic E-state index is -0.412. The largest absolute Gasteiger partial charge is 0.375 e. The van der Waals surface area contributed by atoms with Gasteiger partial charge in [-0.15, -0.1) is 11.3 Å². The van der Waals surface area contributed by atoms with Crippen molar-refractivity contribution >= 4 is 34.3 Å². The molecule has 0 aliphatic carbocycles. The number of anilines is 1. The summed E-state index contributed by atoms with van der Waals surface area (Å²) in [6, 6.07) is 8.62. The van der Waals surface area contributed by atoms with Crippen LogP contribution in [0.15, 0.2) is 30.3 Å². The summed E-state index contributed by atoms with van der Waals surface area (Å²) in [4.78, 5) is 13.0. The van der Waals surface area contributed by atoms with E-state index in [0.29, 0.717) is 17.3 Å². The maximum absolute atomic E-state index is 10.9. The highest BCUT2D eigenvalue weighted by molar-refractivity contribution is 7.12. The van der Waals surface area contributed by atoms with Crippen molar-refractivity contribution in [3.63, 3.8) is 0 Å². The average molecular weight is 297 g/mol. The van der Waals surface area contributed by atoms with Gasteiger partial charge < -0.3 is 5.32 Å². The third-order valence-electron chi connectivity index (χ3n) is 2.67. The van der Waals surface area contributed by atoms with E-state index >= 15 is 0 Å². The van der Waals surface area contributed by atoms with Crippen LogP contribution in [0.5, 0.6) is 0 Å². The van der Waals surface area contributed by atoms with Crippen LogP contribution >= 0.6 is 22.9 Å². The highest BCUT2D eigenvalue weighted by atomic mass is 35.5. The Kier molecular flexibility index (Phi) is 4.39. The first-order chi connectivity index (χ1) is 9.10. The molecule has 4 nitrogen and oxygen atoms in total. The van der Waals surface area contributed by atoms with Gasteiger partial charge in [0.2, 0.25) is 0 Å². The van der Waals surface area contributed by atoms with Gasteiger partial charge in [-0.25, -0.2) is 0 Å². The second kappa shape index (κ2) is 6.04. The third kappa shape index (κ3) is 3.45. The summed E-state index contributed by atoms with van der Waals surface area (Å²) >= 11 is 7.58. The van der Waals surface area contributed by atoms with Crippen LogP contribution in [0.3, 0.4) is 0 Å². The summed E-state index contributed by atoms with van der Waals surface area (Å²) in [5.41, 5.74) is 0.487. The SMILES string of the molecule is CCc1ccc(CNc2cc(Cl)ccc2[N+](=O)[O-])s1. The smallest absolute Gasteiger partial charge is 0.292 e. The predicted octanol–water partition coefficient (Wildman–Crippen LogP) is 4.48. The molecule has 2 rings (SSSR count). The summed E-state index contributed by atoms with van der Waals surface area (Å²) in [6.07, 6.45) is 1.00. The van der Waals surface area contributed by atoms with Crippen molar-refractivity contribution in [1.29, 1.82) is 0 Å². The molecular formula is C13H13ClN2O2S. The standard InChI is InChI=1S/C13H13ClN2O2S/c1-2-10-4-5-11(19-10)8-15-12-7-9(14)3-6-13(12)16(17)18/h3-7,15H,2,8H2,1H3. The van der Waals surface area contributed by atoms with E-state index in [1.807, 2.05) is 6.07 Å². The van der Waals surface area contributed by atoms with Crippen molar-refractivity contribution in [2.75, 3.05) is 5.32 Å². The number of nitro groups is 1. The van der Waals surface area contributed by atoms with Crippen molar-refractivity contribution in [3.05, 3.63) is 55.2 Å². The zero-order valence-electron chi connectivity index (χ0n) is 10.4. The highest BCUT2D eigenvalue weighted by Crippen LogP contribution is 2.28.